The molecule has 1 aliphatic rings. The van der Waals surface area contributed by atoms with Gasteiger partial charge in [-0.05, 0) is 30.9 Å². The first-order chi connectivity index (χ1) is 11.8. The van der Waals surface area contributed by atoms with Crippen molar-refractivity contribution in [1.82, 2.24) is 25.4 Å². The lowest BCUT2D eigenvalue weighted by atomic mass is 10.0. The van der Waals surface area contributed by atoms with Crippen molar-refractivity contribution in [2.45, 2.75) is 38.3 Å². The van der Waals surface area contributed by atoms with Crippen LogP contribution in [0.25, 0.3) is 11.1 Å². The van der Waals surface area contributed by atoms with Crippen molar-refractivity contribution >= 4 is 0 Å². The van der Waals surface area contributed by atoms with Gasteiger partial charge in [0, 0.05) is 29.9 Å². The van der Waals surface area contributed by atoms with Crippen molar-refractivity contribution in [3.63, 3.8) is 0 Å². The summed E-state index contributed by atoms with van der Waals surface area (Å²) in [7, 11) is 0. The van der Waals surface area contributed by atoms with Crippen molar-refractivity contribution in [3.8, 4) is 11.1 Å². The topological polar surface area (TPSA) is 76.7 Å². The van der Waals surface area contributed by atoms with Gasteiger partial charge in [0.15, 0.2) is 5.82 Å². The van der Waals surface area contributed by atoms with E-state index < -0.39 is 0 Å². The minimum Gasteiger partial charge on any atom is -0.338 e. The van der Waals surface area contributed by atoms with Gasteiger partial charge in [0.1, 0.15) is 6.33 Å². The molecule has 2 aromatic heterocycles. The van der Waals surface area contributed by atoms with Crippen LogP contribution in [0.1, 0.15) is 49.0 Å². The second-order valence-corrected chi connectivity index (χ2v) is 6.17. The Morgan fingerprint density at radius 3 is 2.58 bits per heavy atom. The third-order valence-corrected chi connectivity index (χ3v) is 4.29. The number of nitrogens with one attached hydrogen (secondary N) is 1. The minimum absolute atomic E-state index is 0.197. The van der Waals surface area contributed by atoms with Crippen molar-refractivity contribution in [2.75, 3.05) is 0 Å². The summed E-state index contributed by atoms with van der Waals surface area (Å²) in [5, 5.41) is 7.46. The monoisotopic (exact) mass is 321 g/mol. The Morgan fingerprint density at radius 2 is 1.88 bits per heavy atom. The van der Waals surface area contributed by atoms with Crippen molar-refractivity contribution in [1.29, 1.82) is 0 Å². The van der Waals surface area contributed by atoms with Crippen molar-refractivity contribution in [2.24, 2.45) is 0 Å². The summed E-state index contributed by atoms with van der Waals surface area (Å²) in [6.07, 6.45) is 7.53. The zero-order valence-electron chi connectivity index (χ0n) is 13.5. The Hall–Kier alpha value is -2.60. The predicted molar refractivity (Wildman–Crippen MR) is 89.0 cm³/mol. The van der Waals surface area contributed by atoms with Crippen LogP contribution in [0.3, 0.4) is 0 Å². The van der Waals surface area contributed by atoms with Crippen LogP contribution in [-0.2, 0) is 6.54 Å². The molecule has 1 atom stereocenters. The Morgan fingerprint density at radius 1 is 1.12 bits per heavy atom. The van der Waals surface area contributed by atoms with E-state index in [1.807, 2.05) is 12.4 Å². The van der Waals surface area contributed by atoms with Gasteiger partial charge in [-0.3, -0.25) is 0 Å². The Bertz CT molecular complexity index is 796. The van der Waals surface area contributed by atoms with Gasteiger partial charge in [0.25, 0.3) is 0 Å². The van der Waals surface area contributed by atoms with Gasteiger partial charge in [-0.25, -0.2) is 9.97 Å². The van der Waals surface area contributed by atoms with Gasteiger partial charge >= 0.3 is 0 Å². The average molecular weight is 321 g/mol. The molecule has 24 heavy (non-hydrogen) atoms. The molecule has 1 fully saturated rings. The smallest absolute Gasteiger partial charge is 0.240 e. The molecule has 6 nitrogen and oxygen atoms in total. The Labute approximate surface area is 140 Å². The van der Waals surface area contributed by atoms with E-state index in [2.05, 4.69) is 56.6 Å². The lowest BCUT2D eigenvalue weighted by molar-refractivity contribution is 0.356. The lowest BCUT2D eigenvalue weighted by Crippen LogP contribution is -2.18. The first-order valence-electron chi connectivity index (χ1n) is 8.21. The fraction of sp³-hybridized carbons (Fsp3) is 0.333. The molecule has 0 spiro atoms. The Kier molecular flexibility index (Phi) is 4.04. The summed E-state index contributed by atoms with van der Waals surface area (Å²) >= 11 is 0. The molecule has 122 valence electrons. The molecule has 4 rings (SSSR count). The molecule has 0 radical (unpaired) electrons. The molecule has 0 amide bonds. The second kappa shape index (κ2) is 6.49. The molecule has 0 aliphatic heterocycles. The molecule has 0 bridgehead atoms. The van der Waals surface area contributed by atoms with Crippen molar-refractivity contribution < 1.29 is 4.52 Å². The van der Waals surface area contributed by atoms with Crippen LogP contribution in [-0.4, -0.2) is 20.1 Å². The first kappa shape index (κ1) is 15.0. The fourth-order valence-corrected chi connectivity index (χ4v) is 2.62. The van der Waals surface area contributed by atoms with Crippen LogP contribution in [0.5, 0.6) is 0 Å². The van der Waals surface area contributed by atoms with Crippen LogP contribution in [0.4, 0.5) is 0 Å². The van der Waals surface area contributed by atoms with Gasteiger partial charge in [-0.2, -0.15) is 4.98 Å². The van der Waals surface area contributed by atoms with E-state index in [0.717, 1.165) is 17.0 Å². The van der Waals surface area contributed by atoms with Gasteiger partial charge in [0.05, 0.1) is 6.54 Å². The van der Waals surface area contributed by atoms with Crippen molar-refractivity contribution in [3.05, 3.63) is 60.3 Å². The van der Waals surface area contributed by atoms with E-state index in [1.54, 1.807) is 0 Å². The fourth-order valence-electron chi connectivity index (χ4n) is 2.62. The number of aromatic nitrogens is 4. The highest BCUT2D eigenvalue weighted by atomic mass is 16.5. The van der Waals surface area contributed by atoms with Gasteiger partial charge < -0.3 is 9.84 Å². The van der Waals surface area contributed by atoms with Crippen LogP contribution < -0.4 is 5.32 Å². The summed E-state index contributed by atoms with van der Waals surface area (Å²) in [4.78, 5) is 12.5. The second-order valence-electron chi connectivity index (χ2n) is 6.17. The maximum absolute atomic E-state index is 5.29. The zero-order chi connectivity index (χ0) is 16.4. The maximum atomic E-state index is 5.29. The highest BCUT2D eigenvalue weighted by molar-refractivity contribution is 5.61. The number of hydrogen-bond donors (Lipinski definition) is 1. The quantitative estimate of drug-likeness (QED) is 0.751. The van der Waals surface area contributed by atoms with Gasteiger partial charge in [-0.1, -0.05) is 29.4 Å². The Balaban J connectivity index is 1.37. The summed E-state index contributed by atoms with van der Waals surface area (Å²) in [5.74, 6) is 2.03. The maximum Gasteiger partial charge on any atom is 0.240 e. The molecule has 6 heteroatoms. The van der Waals surface area contributed by atoms with Crippen LogP contribution in [0, 0.1) is 0 Å². The van der Waals surface area contributed by atoms with E-state index in [4.69, 9.17) is 4.52 Å². The average Bonchev–Trinajstić information content (AvgIpc) is 3.39. The zero-order valence-corrected chi connectivity index (χ0v) is 13.5. The van der Waals surface area contributed by atoms with Gasteiger partial charge in [-0.15, -0.1) is 0 Å². The van der Waals surface area contributed by atoms with Crippen LogP contribution >= 0.6 is 0 Å². The minimum atomic E-state index is 0.197. The molecule has 1 aliphatic carbocycles. The molecule has 3 aromatic rings. The van der Waals surface area contributed by atoms with E-state index in [9.17, 15) is 0 Å². The predicted octanol–water partition coefficient (Wildman–Crippen LogP) is 3.25. The highest BCUT2D eigenvalue weighted by Gasteiger charge is 2.28. The highest BCUT2D eigenvalue weighted by Crippen LogP contribution is 2.38. The third kappa shape index (κ3) is 3.33. The van der Waals surface area contributed by atoms with Crippen LogP contribution in [0.2, 0.25) is 0 Å². The van der Waals surface area contributed by atoms with Crippen LogP contribution in [0.15, 0.2) is 47.5 Å². The number of nitrogens with zero attached hydrogens (tertiary/aromatic N) is 4. The standard InChI is InChI=1S/C18H19N5O/c1-12(21-10-17-22-18(23-24-17)15-6-7-15)13-2-4-14(5-3-13)16-8-19-11-20-9-16/h2-5,8-9,11-12,15,21H,6-7,10H2,1H3/t12-/m0/s1. The first-order valence-corrected chi connectivity index (χ1v) is 8.21. The molecule has 2 heterocycles. The summed E-state index contributed by atoms with van der Waals surface area (Å²) in [6.45, 7) is 2.70. The summed E-state index contributed by atoms with van der Waals surface area (Å²) < 4.78 is 5.29. The van der Waals surface area contributed by atoms with E-state index >= 15 is 0 Å². The molecule has 1 aromatic carbocycles. The molecule has 1 N–H and O–H groups in total. The normalized spacial score (nSPS) is 15.4. The third-order valence-electron chi connectivity index (χ3n) is 4.29. The SMILES string of the molecule is C[C@H](NCc1nc(C2CC2)no1)c1ccc(-c2cncnc2)cc1. The molecular weight excluding hydrogens is 302 g/mol. The molecule has 1 saturated carbocycles. The summed E-state index contributed by atoms with van der Waals surface area (Å²) in [6, 6.07) is 8.60. The number of benzene rings is 1. The number of hydrogen-bond acceptors (Lipinski definition) is 6. The molecule has 0 unspecified atom stereocenters. The summed E-state index contributed by atoms with van der Waals surface area (Å²) in [5.41, 5.74) is 3.33. The molecule has 0 saturated heterocycles. The van der Waals surface area contributed by atoms with E-state index in [-0.39, 0.29) is 6.04 Å². The lowest BCUT2D eigenvalue weighted by Gasteiger charge is -2.13. The molecular formula is C18H19N5O. The largest absolute Gasteiger partial charge is 0.338 e. The van der Waals surface area contributed by atoms with Gasteiger partial charge in [0.2, 0.25) is 5.89 Å². The van der Waals surface area contributed by atoms with E-state index in [0.29, 0.717) is 18.4 Å². The number of rotatable bonds is 6. The van der Waals surface area contributed by atoms with E-state index in [1.165, 1.54) is 24.7 Å².